The number of methoxy groups -OCH3 is 1. The molecule has 0 unspecified atom stereocenters. The number of hydrogen-bond donors (Lipinski definition) is 1. The quantitative estimate of drug-likeness (QED) is 0.525. The fraction of sp³-hybridized carbons (Fsp3) is 0.0952. The van der Waals surface area contributed by atoms with E-state index in [1.165, 1.54) is 12.1 Å². The second kappa shape index (κ2) is 6.40. The average molecular weight is 332 g/mol. The fourth-order valence-corrected chi connectivity index (χ4v) is 2.98. The zero-order valence-electron chi connectivity index (χ0n) is 13.8. The van der Waals surface area contributed by atoms with Crippen molar-refractivity contribution in [1.29, 1.82) is 0 Å². The molecule has 4 aromatic rings. The molecule has 4 rings (SSSR count). The first-order valence-corrected chi connectivity index (χ1v) is 8.09. The van der Waals surface area contributed by atoms with E-state index in [4.69, 9.17) is 9.72 Å². The maximum atomic E-state index is 13.1. The number of anilines is 1. The van der Waals surface area contributed by atoms with E-state index in [0.29, 0.717) is 6.54 Å². The third kappa shape index (κ3) is 2.98. The molecule has 0 atom stereocenters. The van der Waals surface area contributed by atoms with Gasteiger partial charge in [0.25, 0.3) is 0 Å². The molecule has 1 aromatic heterocycles. The van der Waals surface area contributed by atoms with Crippen molar-refractivity contribution in [2.75, 3.05) is 12.4 Å². The van der Waals surface area contributed by atoms with Crippen molar-refractivity contribution in [1.82, 2.24) is 4.98 Å². The normalized spacial score (nSPS) is 11.0. The van der Waals surface area contributed by atoms with Gasteiger partial charge in [-0.15, -0.1) is 0 Å². The van der Waals surface area contributed by atoms with Gasteiger partial charge in [0.1, 0.15) is 11.6 Å². The number of halogens is 1. The van der Waals surface area contributed by atoms with E-state index < -0.39 is 0 Å². The van der Waals surface area contributed by atoms with Crippen LogP contribution in [-0.4, -0.2) is 12.1 Å². The highest BCUT2D eigenvalue weighted by Gasteiger charge is 2.10. The Hall–Kier alpha value is -3.14. The van der Waals surface area contributed by atoms with Crippen LogP contribution in [0.3, 0.4) is 0 Å². The van der Waals surface area contributed by atoms with E-state index in [-0.39, 0.29) is 5.82 Å². The Labute approximate surface area is 145 Å². The van der Waals surface area contributed by atoms with Gasteiger partial charge in [-0.25, -0.2) is 9.37 Å². The van der Waals surface area contributed by atoms with Crippen LogP contribution in [0.25, 0.3) is 21.8 Å². The Morgan fingerprint density at radius 2 is 1.68 bits per heavy atom. The topological polar surface area (TPSA) is 34.1 Å². The summed E-state index contributed by atoms with van der Waals surface area (Å²) in [5.41, 5.74) is 3.85. The Balaban J connectivity index is 1.83. The molecule has 1 heterocycles. The first kappa shape index (κ1) is 15.4. The van der Waals surface area contributed by atoms with Crippen molar-refractivity contribution < 1.29 is 9.13 Å². The molecule has 1 N–H and O–H groups in total. The zero-order chi connectivity index (χ0) is 17.2. The number of rotatable bonds is 4. The number of aromatic nitrogens is 1. The van der Waals surface area contributed by atoms with E-state index in [1.807, 2.05) is 42.5 Å². The van der Waals surface area contributed by atoms with Gasteiger partial charge < -0.3 is 10.1 Å². The van der Waals surface area contributed by atoms with Crippen molar-refractivity contribution in [3.05, 3.63) is 78.1 Å². The summed E-state index contributed by atoms with van der Waals surface area (Å²) in [5, 5.41) is 5.55. The summed E-state index contributed by atoms with van der Waals surface area (Å²) in [6, 6.07) is 20.4. The lowest BCUT2D eigenvalue weighted by molar-refractivity contribution is 0.415. The minimum atomic E-state index is -0.228. The third-order valence-electron chi connectivity index (χ3n) is 4.27. The predicted molar refractivity (Wildman–Crippen MR) is 99.5 cm³/mol. The number of pyridine rings is 1. The Bertz CT molecular complexity index is 1040. The molecule has 0 saturated carbocycles. The van der Waals surface area contributed by atoms with Gasteiger partial charge >= 0.3 is 0 Å². The third-order valence-corrected chi connectivity index (χ3v) is 4.27. The second-order valence-electron chi connectivity index (χ2n) is 5.87. The van der Waals surface area contributed by atoms with Gasteiger partial charge in [-0.05, 0) is 42.0 Å². The van der Waals surface area contributed by atoms with E-state index in [0.717, 1.165) is 38.8 Å². The molecule has 0 aliphatic carbocycles. The van der Waals surface area contributed by atoms with Gasteiger partial charge in [-0.1, -0.05) is 30.3 Å². The van der Waals surface area contributed by atoms with Crippen LogP contribution in [0.2, 0.25) is 0 Å². The smallest absolute Gasteiger partial charge is 0.123 e. The molecule has 0 fully saturated rings. The maximum Gasteiger partial charge on any atom is 0.123 e. The summed E-state index contributed by atoms with van der Waals surface area (Å²) in [4.78, 5) is 4.74. The van der Waals surface area contributed by atoms with E-state index in [9.17, 15) is 4.39 Å². The highest BCUT2D eigenvalue weighted by molar-refractivity contribution is 6.07. The molecule has 0 radical (unpaired) electrons. The summed E-state index contributed by atoms with van der Waals surface area (Å²) >= 11 is 0. The number of benzene rings is 3. The van der Waals surface area contributed by atoms with Crippen LogP contribution in [0.5, 0.6) is 5.75 Å². The number of para-hydroxylation sites is 1. The molecule has 0 aliphatic heterocycles. The van der Waals surface area contributed by atoms with Crippen LogP contribution in [0.15, 0.2) is 66.7 Å². The van der Waals surface area contributed by atoms with Crippen molar-refractivity contribution in [2.45, 2.75) is 6.54 Å². The van der Waals surface area contributed by atoms with E-state index in [2.05, 4.69) is 5.32 Å². The summed E-state index contributed by atoms with van der Waals surface area (Å²) in [6.07, 6.45) is 0. The molecule has 0 saturated heterocycles. The SMILES string of the molecule is COc1ccc2nc3ccccc3c(NCc3ccc(F)cc3)c2c1. The summed E-state index contributed by atoms with van der Waals surface area (Å²) in [7, 11) is 1.65. The van der Waals surface area contributed by atoms with Crippen molar-refractivity contribution in [3.8, 4) is 5.75 Å². The lowest BCUT2D eigenvalue weighted by Gasteiger charge is -2.14. The van der Waals surface area contributed by atoms with Gasteiger partial charge in [-0.3, -0.25) is 0 Å². The Kier molecular flexibility index (Phi) is 3.94. The first-order chi connectivity index (χ1) is 12.2. The number of hydrogen-bond acceptors (Lipinski definition) is 3. The molecule has 0 amide bonds. The lowest BCUT2D eigenvalue weighted by atomic mass is 10.1. The van der Waals surface area contributed by atoms with Gasteiger partial charge in [0.05, 0.1) is 23.8 Å². The molecular weight excluding hydrogens is 315 g/mol. The van der Waals surface area contributed by atoms with Gasteiger partial charge in [0.2, 0.25) is 0 Å². The summed E-state index contributed by atoms with van der Waals surface area (Å²) in [6.45, 7) is 0.598. The summed E-state index contributed by atoms with van der Waals surface area (Å²) < 4.78 is 18.5. The number of ether oxygens (including phenoxy) is 1. The molecule has 3 nitrogen and oxygen atoms in total. The minimum absolute atomic E-state index is 0.228. The Morgan fingerprint density at radius 1 is 0.920 bits per heavy atom. The standard InChI is InChI=1S/C21H17FN2O/c1-25-16-10-11-20-18(12-16)21(17-4-2-3-5-19(17)24-20)23-13-14-6-8-15(22)9-7-14/h2-12H,13H2,1H3,(H,23,24). The Morgan fingerprint density at radius 3 is 2.48 bits per heavy atom. The second-order valence-corrected chi connectivity index (χ2v) is 5.87. The van der Waals surface area contributed by atoms with Crippen LogP contribution in [0.4, 0.5) is 10.1 Å². The lowest BCUT2D eigenvalue weighted by Crippen LogP contribution is -2.02. The molecule has 0 aliphatic rings. The van der Waals surface area contributed by atoms with Gasteiger partial charge in [0.15, 0.2) is 0 Å². The average Bonchev–Trinajstić information content (AvgIpc) is 2.66. The van der Waals surface area contributed by atoms with Crippen molar-refractivity contribution in [2.24, 2.45) is 0 Å². The van der Waals surface area contributed by atoms with Crippen molar-refractivity contribution in [3.63, 3.8) is 0 Å². The highest BCUT2D eigenvalue weighted by Crippen LogP contribution is 2.33. The minimum Gasteiger partial charge on any atom is -0.497 e. The molecule has 3 aromatic carbocycles. The molecule has 25 heavy (non-hydrogen) atoms. The highest BCUT2D eigenvalue weighted by atomic mass is 19.1. The predicted octanol–water partition coefficient (Wildman–Crippen LogP) is 5.15. The van der Waals surface area contributed by atoms with Crippen molar-refractivity contribution >= 4 is 27.5 Å². The van der Waals surface area contributed by atoms with E-state index in [1.54, 1.807) is 19.2 Å². The maximum absolute atomic E-state index is 13.1. The van der Waals surface area contributed by atoms with Gasteiger partial charge in [0, 0.05) is 17.3 Å². The molecule has 0 bridgehead atoms. The fourth-order valence-electron chi connectivity index (χ4n) is 2.98. The van der Waals surface area contributed by atoms with Crippen LogP contribution < -0.4 is 10.1 Å². The largest absolute Gasteiger partial charge is 0.497 e. The van der Waals surface area contributed by atoms with Crippen LogP contribution in [0, 0.1) is 5.82 Å². The van der Waals surface area contributed by atoms with Gasteiger partial charge in [-0.2, -0.15) is 0 Å². The van der Waals surface area contributed by atoms with Crippen LogP contribution in [-0.2, 0) is 6.54 Å². The zero-order valence-corrected chi connectivity index (χ0v) is 13.8. The molecule has 4 heteroatoms. The monoisotopic (exact) mass is 332 g/mol. The molecular formula is C21H17FN2O. The van der Waals surface area contributed by atoms with Crippen LogP contribution >= 0.6 is 0 Å². The van der Waals surface area contributed by atoms with E-state index >= 15 is 0 Å². The number of fused-ring (bicyclic) bond motifs is 2. The number of nitrogens with one attached hydrogen (secondary N) is 1. The molecule has 124 valence electrons. The first-order valence-electron chi connectivity index (χ1n) is 8.09. The van der Waals surface area contributed by atoms with Crippen LogP contribution in [0.1, 0.15) is 5.56 Å². The summed E-state index contributed by atoms with van der Waals surface area (Å²) in [5.74, 6) is 0.558. The molecule has 0 spiro atoms. The number of nitrogens with zero attached hydrogens (tertiary/aromatic N) is 1.